The fourth-order valence-electron chi connectivity index (χ4n) is 2.23. The number of nitrogens with one attached hydrogen (secondary N) is 2. The molecule has 8 heteroatoms. The smallest absolute Gasteiger partial charge is 0.315 e. The first-order valence-corrected chi connectivity index (χ1v) is 7.46. The van der Waals surface area contributed by atoms with E-state index in [0.717, 1.165) is 0 Å². The highest BCUT2D eigenvalue weighted by atomic mass is 19.1. The number of hydrogen-bond acceptors (Lipinski definition) is 3. The standard InChI is InChI=1S/C16H19FN4O3/c1-21-10-9-18-15(21)14(11-4-6-12(17)7-5-11)20-16(24)19-8-2-3-13(22)23/h4-7,9-10,14H,2-3,8H2,1H3,(H,22,23)(H2,19,20,24). The van der Waals surface area contributed by atoms with E-state index in [-0.39, 0.29) is 18.8 Å². The van der Waals surface area contributed by atoms with Gasteiger partial charge in [0, 0.05) is 32.4 Å². The molecular formula is C16H19FN4O3. The molecule has 0 aliphatic carbocycles. The molecule has 1 heterocycles. The zero-order valence-electron chi connectivity index (χ0n) is 13.2. The molecule has 2 rings (SSSR count). The number of benzene rings is 1. The third-order valence-electron chi connectivity index (χ3n) is 3.45. The molecule has 0 aliphatic rings. The first-order valence-electron chi connectivity index (χ1n) is 7.46. The van der Waals surface area contributed by atoms with Gasteiger partial charge in [-0.15, -0.1) is 0 Å². The average Bonchev–Trinajstić information content (AvgIpc) is 2.96. The summed E-state index contributed by atoms with van der Waals surface area (Å²) in [6.45, 7) is 0.245. The van der Waals surface area contributed by atoms with Gasteiger partial charge in [0.25, 0.3) is 0 Å². The summed E-state index contributed by atoms with van der Waals surface area (Å²) in [5.74, 6) is -0.674. The van der Waals surface area contributed by atoms with Crippen molar-refractivity contribution in [2.24, 2.45) is 7.05 Å². The third-order valence-corrected chi connectivity index (χ3v) is 3.45. The van der Waals surface area contributed by atoms with Crippen LogP contribution in [0.1, 0.15) is 30.3 Å². The van der Waals surface area contributed by atoms with Crippen LogP contribution in [0.15, 0.2) is 36.7 Å². The minimum absolute atomic E-state index is 0.0129. The number of carbonyl (C=O) groups excluding carboxylic acids is 1. The molecule has 0 radical (unpaired) electrons. The number of halogens is 1. The van der Waals surface area contributed by atoms with Gasteiger partial charge in [-0.05, 0) is 24.1 Å². The highest BCUT2D eigenvalue weighted by Crippen LogP contribution is 2.20. The molecule has 0 fully saturated rings. The van der Waals surface area contributed by atoms with Crippen LogP contribution in [-0.4, -0.2) is 33.2 Å². The predicted octanol–water partition coefficient (Wildman–Crippen LogP) is 1.81. The molecule has 0 aliphatic heterocycles. The highest BCUT2D eigenvalue weighted by Gasteiger charge is 2.20. The van der Waals surface area contributed by atoms with Gasteiger partial charge in [0.05, 0.1) is 0 Å². The van der Waals surface area contributed by atoms with E-state index in [9.17, 15) is 14.0 Å². The second-order valence-electron chi connectivity index (χ2n) is 5.28. The molecule has 0 saturated heterocycles. The van der Waals surface area contributed by atoms with Crippen LogP contribution in [0.4, 0.5) is 9.18 Å². The van der Waals surface area contributed by atoms with E-state index in [4.69, 9.17) is 5.11 Å². The topological polar surface area (TPSA) is 96.3 Å². The van der Waals surface area contributed by atoms with Crippen LogP contribution in [0.3, 0.4) is 0 Å². The van der Waals surface area contributed by atoms with Gasteiger partial charge in [-0.1, -0.05) is 12.1 Å². The van der Waals surface area contributed by atoms with Crippen molar-refractivity contribution in [2.45, 2.75) is 18.9 Å². The minimum Gasteiger partial charge on any atom is -0.481 e. The Hall–Kier alpha value is -2.90. The molecule has 0 saturated carbocycles. The van der Waals surface area contributed by atoms with E-state index in [1.807, 2.05) is 0 Å². The largest absolute Gasteiger partial charge is 0.481 e. The summed E-state index contributed by atoms with van der Waals surface area (Å²) in [4.78, 5) is 26.8. The molecule has 0 bridgehead atoms. The van der Waals surface area contributed by atoms with Gasteiger partial charge in [0.1, 0.15) is 17.7 Å². The van der Waals surface area contributed by atoms with E-state index in [1.165, 1.54) is 12.1 Å². The summed E-state index contributed by atoms with van der Waals surface area (Å²) < 4.78 is 14.9. The Morgan fingerprint density at radius 3 is 2.62 bits per heavy atom. The summed E-state index contributed by atoms with van der Waals surface area (Å²) in [5.41, 5.74) is 0.686. The Kier molecular flexibility index (Phi) is 5.89. The molecule has 7 nitrogen and oxygen atoms in total. The van der Waals surface area contributed by atoms with Crippen molar-refractivity contribution < 1.29 is 19.1 Å². The van der Waals surface area contributed by atoms with Crippen LogP contribution < -0.4 is 10.6 Å². The second-order valence-corrected chi connectivity index (χ2v) is 5.28. The molecule has 24 heavy (non-hydrogen) atoms. The number of rotatable bonds is 7. The number of aliphatic carboxylic acids is 1. The normalized spacial score (nSPS) is 11.8. The quantitative estimate of drug-likeness (QED) is 0.673. The van der Waals surface area contributed by atoms with Gasteiger partial charge in [-0.25, -0.2) is 14.2 Å². The number of aromatic nitrogens is 2. The molecular weight excluding hydrogens is 315 g/mol. The minimum atomic E-state index is -0.908. The van der Waals surface area contributed by atoms with Crippen molar-refractivity contribution in [3.8, 4) is 0 Å². The van der Waals surface area contributed by atoms with Gasteiger partial charge in [0.2, 0.25) is 0 Å². The number of imidazole rings is 1. The maximum Gasteiger partial charge on any atom is 0.315 e. The summed E-state index contributed by atoms with van der Waals surface area (Å²) in [5, 5.41) is 14.0. The van der Waals surface area contributed by atoms with Crippen LogP contribution in [0, 0.1) is 5.82 Å². The molecule has 3 N–H and O–H groups in total. The molecule has 0 spiro atoms. The maximum atomic E-state index is 13.1. The Labute approximate surface area is 138 Å². The first kappa shape index (κ1) is 17.5. The van der Waals surface area contributed by atoms with Gasteiger partial charge >= 0.3 is 12.0 Å². The Balaban J connectivity index is 2.07. The number of carbonyl (C=O) groups is 2. The summed E-state index contributed by atoms with van der Waals surface area (Å²) in [7, 11) is 1.80. The predicted molar refractivity (Wildman–Crippen MR) is 84.9 cm³/mol. The molecule has 1 aromatic heterocycles. The molecule has 1 unspecified atom stereocenters. The van der Waals surface area contributed by atoms with E-state index in [1.54, 1.807) is 36.1 Å². The van der Waals surface area contributed by atoms with E-state index in [2.05, 4.69) is 15.6 Å². The Bertz CT molecular complexity index is 700. The summed E-state index contributed by atoms with van der Waals surface area (Å²) in [6.07, 6.45) is 3.68. The number of urea groups is 1. The number of carboxylic acid groups (broad SMARTS) is 1. The summed E-state index contributed by atoms with van der Waals surface area (Å²) in [6, 6.07) is 4.80. The number of amides is 2. The molecule has 1 aromatic carbocycles. The van der Waals surface area contributed by atoms with Crippen LogP contribution in [0.5, 0.6) is 0 Å². The molecule has 2 amide bonds. The van der Waals surface area contributed by atoms with Crippen molar-refractivity contribution in [3.05, 3.63) is 53.9 Å². The summed E-state index contributed by atoms with van der Waals surface area (Å²) >= 11 is 0. The van der Waals surface area contributed by atoms with Crippen LogP contribution in [0.2, 0.25) is 0 Å². The lowest BCUT2D eigenvalue weighted by molar-refractivity contribution is -0.137. The SMILES string of the molecule is Cn1ccnc1C(NC(=O)NCCCC(=O)O)c1ccc(F)cc1. The van der Waals surface area contributed by atoms with Gasteiger partial charge in [-0.2, -0.15) is 0 Å². The fourth-order valence-corrected chi connectivity index (χ4v) is 2.23. The van der Waals surface area contributed by atoms with Crippen molar-refractivity contribution in [1.82, 2.24) is 20.2 Å². The Morgan fingerprint density at radius 1 is 1.33 bits per heavy atom. The number of hydrogen-bond donors (Lipinski definition) is 3. The van der Waals surface area contributed by atoms with Gasteiger partial charge in [-0.3, -0.25) is 4.79 Å². The lowest BCUT2D eigenvalue weighted by Gasteiger charge is -2.19. The van der Waals surface area contributed by atoms with Gasteiger partial charge in [0.15, 0.2) is 0 Å². The lowest BCUT2D eigenvalue weighted by atomic mass is 10.1. The lowest BCUT2D eigenvalue weighted by Crippen LogP contribution is -2.39. The molecule has 1 atom stereocenters. The molecule has 128 valence electrons. The van der Waals surface area contributed by atoms with Crippen molar-refractivity contribution in [2.75, 3.05) is 6.54 Å². The number of carboxylic acids is 1. The zero-order chi connectivity index (χ0) is 17.5. The third kappa shape index (κ3) is 4.80. The second kappa shape index (κ2) is 8.09. The van der Waals surface area contributed by atoms with Crippen LogP contribution in [0.25, 0.3) is 0 Å². The average molecular weight is 334 g/mol. The number of nitrogens with zero attached hydrogens (tertiary/aromatic N) is 2. The first-order chi connectivity index (χ1) is 11.5. The van der Waals surface area contributed by atoms with E-state index in [0.29, 0.717) is 17.8 Å². The zero-order valence-corrected chi connectivity index (χ0v) is 13.2. The van der Waals surface area contributed by atoms with E-state index < -0.39 is 18.0 Å². The van der Waals surface area contributed by atoms with E-state index >= 15 is 0 Å². The van der Waals surface area contributed by atoms with Gasteiger partial charge < -0.3 is 20.3 Å². The molecule has 2 aromatic rings. The fraction of sp³-hybridized carbons (Fsp3) is 0.312. The highest BCUT2D eigenvalue weighted by molar-refractivity contribution is 5.75. The van der Waals surface area contributed by atoms with Crippen molar-refractivity contribution >= 4 is 12.0 Å². The monoisotopic (exact) mass is 334 g/mol. The van der Waals surface area contributed by atoms with Crippen LogP contribution >= 0.6 is 0 Å². The Morgan fingerprint density at radius 2 is 2.04 bits per heavy atom. The maximum absolute atomic E-state index is 13.1. The van der Waals surface area contributed by atoms with Crippen molar-refractivity contribution in [1.29, 1.82) is 0 Å². The van der Waals surface area contributed by atoms with Crippen LogP contribution in [-0.2, 0) is 11.8 Å². The number of aryl methyl sites for hydroxylation is 1. The van der Waals surface area contributed by atoms with Crippen molar-refractivity contribution in [3.63, 3.8) is 0 Å².